The van der Waals surface area contributed by atoms with E-state index in [0.717, 1.165) is 28.0 Å². The Morgan fingerprint density at radius 1 is 1.00 bits per heavy atom. The van der Waals surface area contributed by atoms with Gasteiger partial charge in [0.15, 0.2) is 0 Å². The maximum absolute atomic E-state index is 4.89. The van der Waals surface area contributed by atoms with E-state index in [1.807, 2.05) is 42.4 Å². The Hall–Kier alpha value is -2.96. The van der Waals surface area contributed by atoms with Crippen LogP contribution in [0, 0.1) is 5.92 Å². The Labute approximate surface area is 144 Å². The zero-order valence-corrected chi connectivity index (χ0v) is 14.2. The van der Waals surface area contributed by atoms with Gasteiger partial charge >= 0.3 is 0 Å². The molecule has 0 bridgehead atoms. The van der Waals surface area contributed by atoms with E-state index in [4.69, 9.17) is 4.98 Å². The lowest BCUT2D eigenvalue weighted by Crippen LogP contribution is -2.26. The van der Waals surface area contributed by atoms with E-state index in [2.05, 4.69) is 33.1 Å². The Balaban J connectivity index is 1.63. The summed E-state index contributed by atoms with van der Waals surface area (Å²) in [6.07, 6.45) is 14.0. The summed E-state index contributed by atoms with van der Waals surface area (Å²) < 4.78 is 5.74. The van der Waals surface area contributed by atoms with Crippen molar-refractivity contribution >= 4 is 5.52 Å². The molecule has 0 amide bonds. The van der Waals surface area contributed by atoms with E-state index in [1.54, 1.807) is 10.9 Å². The molecule has 126 valence electrons. The lowest BCUT2D eigenvalue weighted by atomic mass is 9.81. The van der Waals surface area contributed by atoms with Crippen LogP contribution in [0.4, 0.5) is 0 Å². The van der Waals surface area contributed by atoms with E-state index in [-0.39, 0.29) is 0 Å². The van der Waals surface area contributed by atoms with Gasteiger partial charge in [-0.2, -0.15) is 15.3 Å². The third-order valence-electron chi connectivity index (χ3n) is 5.18. The third-order valence-corrected chi connectivity index (χ3v) is 5.18. The van der Waals surface area contributed by atoms with Crippen molar-refractivity contribution in [2.45, 2.75) is 25.8 Å². The zero-order valence-electron chi connectivity index (χ0n) is 14.2. The molecular formula is C18H19N7. The van der Waals surface area contributed by atoms with Crippen LogP contribution in [0.3, 0.4) is 0 Å². The van der Waals surface area contributed by atoms with Crippen LogP contribution in [0.2, 0.25) is 0 Å². The lowest BCUT2D eigenvalue weighted by Gasteiger charge is -2.33. The smallest absolute Gasteiger partial charge is 0.0999 e. The largest absolute Gasteiger partial charge is 0.275 e. The first kappa shape index (κ1) is 14.4. The van der Waals surface area contributed by atoms with Crippen LogP contribution in [0.15, 0.2) is 43.2 Å². The van der Waals surface area contributed by atoms with E-state index < -0.39 is 0 Å². The normalized spacial score (nSPS) is 20.1. The number of hydrogen-bond acceptors (Lipinski definition) is 4. The highest BCUT2D eigenvalue weighted by Gasteiger charge is 2.29. The molecule has 4 heterocycles. The van der Waals surface area contributed by atoms with Crippen LogP contribution < -0.4 is 0 Å². The molecule has 0 unspecified atom stereocenters. The molecule has 0 radical (unpaired) electrons. The molecule has 0 aliphatic heterocycles. The Bertz CT molecular complexity index is 1050. The average Bonchev–Trinajstić information content (AvgIpc) is 3.32. The number of nitrogens with zero attached hydrogens (tertiary/aromatic N) is 7. The van der Waals surface area contributed by atoms with Crippen molar-refractivity contribution in [3.8, 4) is 22.5 Å². The Morgan fingerprint density at radius 3 is 2.60 bits per heavy atom. The first-order chi connectivity index (χ1) is 12.2. The van der Waals surface area contributed by atoms with E-state index in [9.17, 15) is 0 Å². The van der Waals surface area contributed by atoms with Crippen molar-refractivity contribution in [3.05, 3.63) is 43.2 Å². The summed E-state index contributed by atoms with van der Waals surface area (Å²) in [5, 5.41) is 13.2. The number of fused-ring (bicyclic) bond motifs is 1. The summed E-state index contributed by atoms with van der Waals surface area (Å²) in [6, 6.07) is 2.50. The summed E-state index contributed by atoms with van der Waals surface area (Å²) in [6.45, 7) is 2.28. The van der Waals surface area contributed by atoms with Gasteiger partial charge in [-0.1, -0.05) is 6.92 Å². The molecule has 1 saturated carbocycles. The second kappa shape index (κ2) is 5.27. The predicted molar refractivity (Wildman–Crippen MR) is 93.8 cm³/mol. The zero-order chi connectivity index (χ0) is 17.0. The minimum atomic E-state index is 0.510. The Kier molecular flexibility index (Phi) is 3.03. The molecule has 1 aliphatic rings. The molecule has 1 fully saturated rings. The molecule has 7 heteroatoms. The monoisotopic (exact) mass is 333 g/mol. The van der Waals surface area contributed by atoms with Crippen LogP contribution >= 0.6 is 0 Å². The molecule has 25 heavy (non-hydrogen) atoms. The molecule has 0 spiro atoms. The fourth-order valence-electron chi connectivity index (χ4n) is 3.52. The highest BCUT2D eigenvalue weighted by atomic mass is 15.3. The van der Waals surface area contributed by atoms with Crippen molar-refractivity contribution < 1.29 is 0 Å². The highest BCUT2D eigenvalue weighted by Crippen LogP contribution is 2.38. The summed E-state index contributed by atoms with van der Waals surface area (Å²) in [7, 11) is 1.90. The van der Waals surface area contributed by atoms with Gasteiger partial charge in [0.05, 0.1) is 47.7 Å². The van der Waals surface area contributed by atoms with Crippen LogP contribution in [-0.2, 0) is 7.05 Å². The van der Waals surface area contributed by atoms with Gasteiger partial charge in [0.1, 0.15) is 0 Å². The predicted octanol–water partition coefficient (Wildman–Crippen LogP) is 2.96. The van der Waals surface area contributed by atoms with Crippen LogP contribution in [0.1, 0.15) is 25.8 Å². The SMILES string of the molecule is C[C@@H]1CC[C@@H]1n1cc(-c2nc(-c3cnn(C)c3)cn3nccc23)cn1. The fourth-order valence-corrected chi connectivity index (χ4v) is 3.52. The van der Waals surface area contributed by atoms with E-state index >= 15 is 0 Å². The van der Waals surface area contributed by atoms with Gasteiger partial charge in [-0.05, 0) is 24.8 Å². The van der Waals surface area contributed by atoms with E-state index in [0.29, 0.717) is 12.0 Å². The molecule has 0 N–H and O–H groups in total. The van der Waals surface area contributed by atoms with Gasteiger partial charge in [-0.3, -0.25) is 9.36 Å². The fraction of sp³-hybridized carbons (Fsp3) is 0.333. The summed E-state index contributed by atoms with van der Waals surface area (Å²) in [5.74, 6) is 0.692. The number of hydrogen-bond donors (Lipinski definition) is 0. The molecule has 0 aromatic carbocycles. The van der Waals surface area contributed by atoms with Crippen molar-refractivity contribution in [3.63, 3.8) is 0 Å². The minimum absolute atomic E-state index is 0.510. The molecule has 4 aromatic heterocycles. The van der Waals surface area contributed by atoms with Crippen molar-refractivity contribution in [1.82, 2.24) is 34.2 Å². The molecule has 1 aliphatic carbocycles. The summed E-state index contributed by atoms with van der Waals surface area (Å²) in [5.41, 5.74) is 4.73. The third kappa shape index (κ3) is 2.26. The van der Waals surface area contributed by atoms with Crippen LogP contribution in [0.25, 0.3) is 28.0 Å². The number of rotatable bonds is 3. The molecule has 2 atom stereocenters. The van der Waals surface area contributed by atoms with Crippen LogP contribution in [0.5, 0.6) is 0 Å². The van der Waals surface area contributed by atoms with Gasteiger partial charge in [0.2, 0.25) is 0 Å². The van der Waals surface area contributed by atoms with Crippen molar-refractivity contribution in [2.24, 2.45) is 13.0 Å². The lowest BCUT2D eigenvalue weighted by molar-refractivity contribution is 0.185. The number of aryl methyl sites for hydroxylation is 1. The van der Waals surface area contributed by atoms with Crippen molar-refractivity contribution in [1.29, 1.82) is 0 Å². The minimum Gasteiger partial charge on any atom is -0.275 e. The molecule has 4 aromatic rings. The van der Waals surface area contributed by atoms with Gasteiger partial charge in [0.25, 0.3) is 0 Å². The first-order valence-corrected chi connectivity index (χ1v) is 8.57. The summed E-state index contributed by atoms with van der Waals surface area (Å²) >= 11 is 0. The second-order valence-electron chi connectivity index (χ2n) is 6.87. The molecule has 0 saturated heterocycles. The standard InChI is InChI=1S/C18H19N7/c1-12-3-4-16(12)24-10-14(8-21-24)18-17-5-6-19-25(17)11-15(22-18)13-7-20-23(2)9-13/h5-12,16H,3-4H2,1-2H3/t12-,16+/m1/s1. The quantitative estimate of drug-likeness (QED) is 0.578. The van der Waals surface area contributed by atoms with E-state index in [1.165, 1.54) is 12.8 Å². The van der Waals surface area contributed by atoms with Gasteiger partial charge < -0.3 is 0 Å². The van der Waals surface area contributed by atoms with Gasteiger partial charge in [-0.25, -0.2) is 9.50 Å². The van der Waals surface area contributed by atoms with Crippen molar-refractivity contribution in [2.75, 3.05) is 0 Å². The number of aromatic nitrogens is 7. The van der Waals surface area contributed by atoms with Crippen LogP contribution in [-0.4, -0.2) is 34.2 Å². The maximum atomic E-state index is 4.89. The topological polar surface area (TPSA) is 65.8 Å². The second-order valence-corrected chi connectivity index (χ2v) is 6.87. The van der Waals surface area contributed by atoms with Gasteiger partial charge in [-0.15, -0.1) is 0 Å². The average molecular weight is 333 g/mol. The molecular weight excluding hydrogens is 314 g/mol. The maximum Gasteiger partial charge on any atom is 0.0999 e. The summed E-state index contributed by atoms with van der Waals surface area (Å²) in [4.78, 5) is 4.89. The molecule has 5 rings (SSSR count). The first-order valence-electron chi connectivity index (χ1n) is 8.57. The van der Waals surface area contributed by atoms with Gasteiger partial charge in [0, 0.05) is 30.6 Å². The highest BCUT2D eigenvalue weighted by molar-refractivity contribution is 5.78. The Morgan fingerprint density at radius 2 is 1.88 bits per heavy atom. The molecule has 7 nitrogen and oxygen atoms in total.